The molecule has 0 saturated carbocycles. The molecule has 0 aliphatic heterocycles. The Morgan fingerprint density at radius 1 is 0.460 bits per heavy atom. The second-order valence-corrected chi connectivity index (χ2v) is 12.6. The average Bonchev–Trinajstić information content (AvgIpc) is 3.69. The van der Waals surface area contributed by atoms with Crippen LogP contribution < -0.4 is 0 Å². The van der Waals surface area contributed by atoms with Crippen LogP contribution in [0.1, 0.15) is 11.1 Å². The first-order valence-electron chi connectivity index (χ1n) is 16.2. The number of hydrogen-bond acceptors (Lipinski definition) is 3. The van der Waals surface area contributed by atoms with E-state index in [1.807, 2.05) is 48.5 Å². The zero-order valence-electron chi connectivity index (χ0n) is 26.6. The Morgan fingerprint density at radius 2 is 1.06 bits per heavy atom. The smallest absolute Gasteiger partial charge is 0.192 e. The first kappa shape index (κ1) is 29.6. The third-order valence-electron chi connectivity index (χ3n) is 9.53. The van der Waals surface area contributed by atoms with Crippen LogP contribution in [-0.4, -0.2) is 9.13 Å². The number of benzene rings is 7. The van der Waals surface area contributed by atoms with Crippen LogP contribution in [-0.2, 0) is 17.2 Å². The zero-order valence-corrected chi connectivity index (χ0v) is 28.0. The van der Waals surface area contributed by atoms with Gasteiger partial charge in [-0.2, -0.15) is 10.5 Å². The van der Waals surface area contributed by atoms with Crippen molar-refractivity contribution in [2.75, 3.05) is 0 Å². The van der Waals surface area contributed by atoms with Gasteiger partial charge in [-0.1, -0.05) is 18.2 Å². The molecule has 231 valence electrons. The Kier molecular flexibility index (Phi) is 7.04. The molecule has 2 aromatic heterocycles. The van der Waals surface area contributed by atoms with E-state index >= 15 is 0 Å². The van der Waals surface area contributed by atoms with E-state index in [-0.39, 0.29) is 0 Å². The topological polar surface area (TPSA) is 69.8 Å². The van der Waals surface area contributed by atoms with Crippen molar-refractivity contribution in [2.45, 2.75) is 0 Å². The van der Waals surface area contributed by atoms with Crippen molar-refractivity contribution in [1.82, 2.24) is 9.13 Å². The number of para-hydroxylation sites is 3. The van der Waals surface area contributed by atoms with Crippen molar-refractivity contribution in [1.29, 1.82) is 10.5 Å². The monoisotopic (exact) mass is 674 g/mol. The van der Waals surface area contributed by atoms with Gasteiger partial charge in [0.15, 0.2) is 0 Å². The molecule has 0 unspecified atom stereocenters. The predicted octanol–water partition coefficient (Wildman–Crippen LogP) is 11.3. The fourth-order valence-electron chi connectivity index (χ4n) is 7.41. The van der Waals surface area contributed by atoms with E-state index < -0.39 is 0 Å². The van der Waals surface area contributed by atoms with E-state index in [2.05, 4.69) is 145 Å². The summed E-state index contributed by atoms with van der Waals surface area (Å²) in [5, 5.41) is 24.4. The SMILES string of the molecule is N#Cc1cc(-c2cccc(-c3ccccc3)c2-n2c3ccccc3c3cc([N]=[V])ccc32)cc(-n2c3ccccc3c3cc(C#N)ccc32)c1. The molecule has 0 bridgehead atoms. The van der Waals surface area contributed by atoms with Gasteiger partial charge >= 0.3 is 212 Å². The molecule has 0 fully saturated rings. The molecule has 0 amide bonds. The first-order valence-corrected chi connectivity index (χ1v) is 16.9. The average molecular weight is 675 g/mol. The van der Waals surface area contributed by atoms with Crippen LogP contribution >= 0.6 is 0 Å². The fraction of sp³-hybridized carbons (Fsp3) is 0. The van der Waals surface area contributed by atoms with Gasteiger partial charge in [-0.25, -0.2) is 0 Å². The van der Waals surface area contributed by atoms with E-state index in [0.717, 1.165) is 82.9 Å². The van der Waals surface area contributed by atoms with Crippen molar-refractivity contribution in [3.63, 3.8) is 0 Å². The van der Waals surface area contributed by atoms with Gasteiger partial charge in [0, 0.05) is 10.8 Å². The molecule has 0 saturated heterocycles. The van der Waals surface area contributed by atoms with Crippen molar-refractivity contribution in [3.05, 3.63) is 163 Å². The molecular weight excluding hydrogens is 649 g/mol. The van der Waals surface area contributed by atoms with Crippen molar-refractivity contribution in [2.24, 2.45) is 3.79 Å². The van der Waals surface area contributed by atoms with Gasteiger partial charge in [0.1, 0.15) is 0 Å². The molecule has 0 aliphatic carbocycles. The summed E-state index contributed by atoms with van der Waals surface area (Å²) >= 11 is 2.31. The van der Waals surface area contributed by atoms with Gasteiger partial charge < -0.3 is 0 Å². The van der Waals surface area contributed by atoms with E-state index in [4.69, 9.17) is 0 Å². The van der Waals surface area contributed by atoms with Gasteiger partial charge in [0.05, 0.1) is 22.7 Å². The summed E-state index contributed by atoms with van der Waals surface area (Å²) in [6.45, 7) is 0. The van der Waals surface area contributed by atoms with Crippen LogP contribution in [0.4, 0.5) is 5.69 Å². The molecule has 0 N–H and O–H groups in total. The maximum atomic E-state index is 10.4. The summed E-state index contributed by atoms with van der Waals surface area (Å²) in [4.78, 5) is 0. The van der Waals surface area contributed by atoms with E-state index in [1.165, 1.54) is 0 Å². The number of nitriles is 2. The Hall–Kier alpha value is -6.50. The molecular formula is C44H25N5V. The predicted molar refractivity (Wildman–Crippen MR) is 198 cm³/mol. The number of fused-ring (bicyclic) bond motifs is 6. The number of rotatable bonds is 5. The van der Waals surface area contributed by atoms with Crippen LogP contribution in [0.5, 0.6) is 0 Å². The summed E-state index contributed by atoms with van der Waals surface area (Å²) in [5.74, 6) is 0. The standard InChI is InChI=1S/C44H25N5.V/c45-26-28-17-19-42-38(23-28)36-11-4-6-15-40(36)48(42)33-22-29(27-46)21-31(24-33)35-14-8-13-34(30-9-2-1-3-10-30)44(35)49-41-16-7-5-12-37(41)39-25-32(47)18-20-43(39)49;/h1-25H;. The Labute approximate surface area is 297 Å². The molecule has 50 heavy (non-hydrogen) atoms. The maximum absolute atomic E-state index is 10.4. The van der Waals surface area contributed by atoms with E-state index in [0.29, 0.717) is 11.1 Å². The summed E-state index contributed by atoms with van der Waals surface area (Å²) in [6, 6.07) is 56.6. The minimum Gasteiger partial charge on any atom is -0.192 e. The first-order chi connectivity index (χ1) is 24.7. The zero-order chi connectivity index (χ0) is 33.8. The third-order valence-corrected chi connectivity index (χ3v) is 9.89. The van der Waals surface area contributed by atoms with Gasteiger partial charge in [-0.3, -0.25) is 0 Å². The molecule has 0 aliphatic rings. The van der Waals surface area contributed by atoms with Gasteiger partial charge in [0.2, 0.25) is 0 Å². The van der Waals surface area contributed by atoms with Crippen LogP contribution in [0, 0.1) is 22.7 Å². The normalized spacial score (nSPS) is 11.2. The Morgan fingerprint density at radius 3 is 1.78 bits per heavy atom. The second kappa shape index (κ2) is 11.9. The van der Waals surface area contributed by atoms with Crippen molar-refractivity contribution in [3.8, 4) is 45.8 Å². The summed E-state index contributed by atoms with van der Waals surface area (Å²) in [7, 11) is 0. The molecule has 5 nitrogen and oxygen atoms in total. The van der Waals surface area contributed by atoms with Crippen molar-refractivity contribution >= 4 is 49.3 Å². The van der Waals surface area contributed by atoms with E-state index in [9.17, 15) is 10.5 Å². The molecule has 6 heteroatoms. The van der Waals surface area contributed by atoms with Gasteiger partial charge in [-0.05, 0) is 24.3 Å². The van der Waals surface area contributed by atoms with Crippen molar-refractivity contribution < 1.29 is 17.2 Å². The Bertz CT molecular complexity index is 2920. The molecule has 9 aromatic rings. The summed E-state index contributed by atoms with van der Waals surface area (Å²) in [5.41, 5.74) is 12.2. The van der Waals surface area contributed by atoms with Crippen LogP contribution in [0.25, 0.3) is 77.2 Å². The minimum atomic E-state index is 0.558. The number of nitrogens with zero attached hydrogens (tertiary/aromatic N) is 5. The van der Waals surface area contributed by atoms with E-state index in [1.54, 1.807) is 0 Å². The molecule has 0 atom stereocenters. The van der Waals surface area contributed by atoms with Crippen LogP contribution in [0.15, 0.2) is 155 Å². The number of hydrogen-bond donors (Lipinski definition) is 0. The quantitative estimate of drug-likeness (QED) is 0.182. The summed E-state index contributed by atoms with van der Waals surface area (Å²) < 4.78 is 8.99. The van der Waals surface area contributed by atoms with Gasteiger partial charge in [0.25, 0.3) is 0 Å². The minimum absolute atomic E-state index is 0.558. The second-order valence-electron chi connectivity index (χ2n) is 12.3. The third kappa shape index (κ3) is 4.61. The molecule has 0 radical (unpaired) electrons. The van der Waals surface area contributed by atoms with Crippen LogP contribution in [0.2, 0.25) is 0 Å². The molecule has 2 heterocycles. The Balaban J connectivity index is 1.39. The number of aromatic nitrogens is 2. The van der Waals surface area contributed by atoms with Crippen LogP contribution in [0.3, 0.4) is 0 Å². The molecule has 7 aromatic carbocycles. The molecule has 0 spiro atoms. The fourth-order valence-corrected chi connectivity index (χ4v) is 7.61. The summed E-state index contributed by atoms with van der Waals surface area (Å²) in [6.07, 6.45) is 0. The molecule has 9 rings (SSSR count). The van der Waals surface area contributed by atoms with Gasteiger partial charge in [-0.15, -0.1) is 0 Å².